The zero-order valence-electron chi connectivity index (χ0n) is 3.26. The Balaban J connectivity index is 2.98. The molecule has 2 radical (unpaired) electrons. The minimum absolute atomic E-state index is 0.593. The van der Waals surface area contributed by atoms with Gasteiger partial charge < -0.3 is 0 Å². The molecule has 1 heterocycles. The van der Waals surface area contributed by atoms with E-state index in [9.17, 15) is 0 Å². The van der Waals surface area contributed by atoms with Crippen molar-refractivity contribution in [2.24, 2.45) is 0 Å². The van der Waals surface area contributed by atoms with Gasteiger partial charge in [0.25, 0.3) is 6.21 Å². The minimum Gasteiger partial charge on any atom is -0.112 e. The van der Waals surface area contributed by atoms with Crippen LogP contribution >= 0.6 is 0 Å². The van der Waals surface area contributed by atoms with E-state index < -0.39 is 0 Å². The molecule has 0 atom stereocenters. The Morgan fingerprint density at radius 2 is 2.50 bits per heavy atom. The average Bonchev–Trinajstić information content (AvgIpc) is 1.86. The van der Waals surface area contributed by atoms with Gasteiger partial charge in [0.05, 0.1) is 0 Å². The van der Waals surface area contributed by atoms with E-state index in [0.717, 1.165) is 0 Å². The van der Waals surface area contributed by atoms with Gasteiger partial charge in [0.2, 0.25) is 13.5 Å². The summed E-state index contributed by atoms with van der Waals surface area (Å²) in [6.45, 7) is 0. The van der Waals surface area contributed by atoms with E-state index in [1.54, 1.807) is 18.4 Å². The molecule has 1 nitrogen and oxygen atoms in total. The van der Waals surface area contributed by atoms with Gasteiger partial charge in [-0.05, 0) is 0 Å². The van der Waals surface area contributed by atoms with Gasteiger partial charge >= 0.3 is 0 Å². The zero-order valence-corrected chi connectivity index (χ0v) is 3.26. The monoisotopic (exact) mass is 76.0 g/mol. The van der Waals surface area contributed by atoms with Crippen molar-refractivity contribution in [2.75, 3.05) is 0 Å². The Kier molecular flexibility index (Phi) is 0.662. The molecular formula is C4H3BN+. The van der Waals surface area contributed by atoms with Crippen LogP contribution in [0.25, 0.3) is 0 Å². The van der Waals surface area contributed by atoms with Crippen molar-refractivity contribution in [2.45, 2.75) is 0 Å². The van der Waals surface area contributed by atoms with E-state index in [0.29, 0.717) is 5.61 Å². The molecule has 1 aliphatic heterocycles. The summed E-state index contributed by atoms with van der Waals surface area (Å²) in [5.74, 6) is 0. The molecular weight excluding hydrogens is 72.9 g/mol. The first-order valence-electron chi connectivity index (χ1n) is 1.73. The molecule has 0 bridgehead atoms. The second-order valence-corrected chi connectivity index (χ2v) is 1.06. The second-order valence-electron chi connectivity index (χ2n) is 1.06. The summed E-state index contributed by atoms with van der Waals surface area (Å²) in [5, 5.41) is 0. The highest BCUT2D eigenvalue weighted by atomic mass is 14.5. The summed E-state index contributed by atoms with van der Waals surface area (Å²) in [5.41, 5.74) is 0.593. The fourth-order valence-electron chi connectivity index (χ4n) is 0.314. The van der Waals surface area contributed by atoms with Gasteiger partial charge in [0.15, 0.2) is 0 Å². The van der Waals surface area contributed by atoms with E-state index in [4.69, 9.17) is 7.85 Å². The Bertz CT molecular complexity index is 140. The number of nitrogens with zero attached hydrogens (tertiary/aromatic N) is 1. The summed E-state index contributed by atoms with van der Waals surface area (Å²) >= 11 is 0. The first-order chi connectivity index (χ1) is 2.89. The SMILES string of the molecule is [B]C1=[N+]=CC=C1. The fraction of sp³-hybridized carbons (Fsp3) is 0. The van der Waals surface area contributed by atoms with Crippen molar-refractivity contribution >= 4 is 19.7 Å². The Labute approximate surface area is 37.5 Å². The lowest BCUT2D eigenvalue weighted by Gasteiger charge is -1.52. The van der Waals surface area contributed by atoms with E-state index in [2.05, 4.69) is 4.67 Å². The lowest BCUT2D eigenvalue weighted by atomic mass is 10.0. The molecule has 0 aromatic heterocycles. The number of hydrogen-bond donors (Lipinski definition) is 0. The molecule has 0 fully saturated rings. The summed E-state index contributed by atoms with van der Waals surface area (Å²) in [4.78, 5) is 0. The van der Waals surface area contributed by atoms with Crippen LogP contribution in [0.5, 0.6) is 0 Å². The molecule has 0 aromatic rings. The molecule has 0 saturated carbocycles. The van der Waals surface area contributed by atoms with Crippen LogP contribution in [-0.2, 0) is 0 Å². The van der Waals surface area contributed by atoms with Crippen LogP contribution in [-0.4, -0.2) is 19.7 Å². The molecule has 26 valence electrons. The highest BCUT2D eigenvalue weighted by Gasteiger charge is 1.94. The minimum atomic E-state index is 0.593. The van der Waals surface area contributed by atoms with Crippen molar-refractivity contribution in [3.8, 4) is 0 Å². The van der Waals surface area contributed by atoms with Gasteiger partial charge in [-0.15, -0.1) is 4.67 Å². The van der Waals surface area contributed by atoms with Crippen molar-refractivity contribution in [1.29, 1.82) is 0 Å². The Morgan fingerprint density at radius 3 is 2.67 bits per heavy atom. The smallest absolute Gasteiger partial charge is 0.112 e. The van der Waals surface area contributed by atoms with Crippen LogP contribution in [0.3, 0.4) is 0 Å². The molecule has 1 aliphatic rings. The van der Waals surface area contributed by atoms with Crippen LogP contribution in [0.2, 0.25) is 0 Å². The van der Waals surface area contributed by atoms with Crippen molar-refractivity contribution in [1.82, 2.24) is 4.67 Å². The Morgan fingerprint density at radius 1 is 1.67 bits per heavy atom. The zero-order chi connectivity index (χ0) is 4.41. The maximum absolute atomic E-state index is 5.17. The average molecular weight is 75.9 g/mol. The van der Waals surface area contributed by atoms with Crippen molar-refractivity contribution in [3.05, 3.63) is 12.2 Å². The number of allylic oxidation sites excluding steroid dienone is 2. The van der Waals surface area contributed by atoms with Gasteiger partial charge in [-0.25, -0.2) is 0 Å². The normalized spacial score (nSPS) is 15.7. The van der Waals surface area contributed by atoms with Gasteiger partial charge in [0, 0.05) is 12.2 Å². The van der Waals surface area contributed by atoms with Gasteiger partial charge in [-0.2, -0.15) is 0 Å². The third-order valence-electron chi connectivity index (χ3n) is 0.577. The highest BCUT2D eigenvalue weighted by Crippen LogP contribution is 1.69. The topological polar surface area (TPSA) is 14.1 Å². The standard InChI is InChI=1S/C4H3BN/c5-4-2-1-3-6-4/h1-3H/q+1. The van der Waals surface area contributed by atoms with E-state index >= 15 is 0 Å². The quantitative estimate of drug-likeness (QED) is 0.266. The fourth-order valence-corrected chi connectivity index (χ4v) is 0.314. The number of hydrogen-bond acceptors (Lipinski definition) is 0. The van der Waals surface area contributed by atoms with Crippen molar-refractivity contribution in [3.63, 3.8) is 0 Å². The summed E-state index contributed by atoms with van der Waals surface area (Å²) in [7, 11) is 5.17. The largest absolute Gasteiger partial charge is 0.291 e. The first-order valence-corrected chi connectivity index (χ1v) is 1.73. The summed E-state index contributed by atoms with van der Waals surface area (Å²) in [6, 6.07) is 0. The molecule has 1 rings (SSSR count). The molecule has 6 heavy (non-hydrogen) atoms. The van der Waals surface area contributed by atoms with E-state index in [1.165, 1.54) is 0 Å². The second kappa shape index (κ2) is 1.15. The molecule has 0 unspecified atom stereocenters. The van der Waals surface area contributed by atoms with E-state index in [1.807, 2.05) is 0 Å². The summed E-state index contributed by atoms with van der Waals surface area (Å²) in [6.07, 6.45) is 5.21. The van der Waals surface area contributed by atoms with Crippen LogP contribution in [0.1, 0.15) is 0 Å². The third kappa shape index (κ3) is 0.423. The summed E-state index contributed by atoms with van der Waals surface area (Å²) < 4.78 is 3.69. The van der Waals surface area contributed by atoms with E-state index in [-0.39, 0.29) is 0 Å². The van der Waals surface area contributed by atoms with Crippen LogP contribution in [0, 0.1) is 0 Å². The molecule has 0 N–H and O–H groups in total. The van der Waals surface area contributed by atoms with Crippen LogP contribution in [0.4, 0.5) is 0 Å². The predicted molar refractivity (Wildman–Crippen MR) is 28.1 cm³/mol. The number of rotatable bonds is 0. The molecule has 0 saturated heterocycles. The molecule has 0 aromatic carbocycles. The molecule has 0 spiro atoms. The maximum atomic E-state index is 5.17. The van der Waals surface area contributed by atoms with Crippen molar-refractivity contribution < 1.29 is 0 Å². The lowest BCUT2D eigenvalue weighted by Crippen LogP contribution is -1.89. The molecule has 0 aliphatic carbocycles. The van der Waals surface area contributed by atoms with Gasteiger partial charge in [0.1, 0.15) is 0 Å². The lowest BCUT2D eigenvalue weighted by molar-refractivity contribution is 1.76. The Hall–Kier alpha value is -0.745. The van der Waals surface area contributed by atoms with Gasteiger partial charge in [-0.3, -0.25) is 0 Å². The van der Waals surface area contributed by atoms with Crippen LogP contribution in [0.15, 0.2) is 12.2 Å². The third-order valence-corrected chi connectivity index (χ3v) is 0.577. The highest BCUT2D eigenvalue weighted by molar-refractivity contribution is 6.63. The van der Waals surface area contributed by atoms with Gasteiger partial charge in [-0.1, -0.05) is 0 Å². The van der Waals surface area contributed by atoms with Crippen LogP contribution < -0.4 is 4.67 Å². The predicted octanol–water partition coefficient (Wildman–Crippen LogP) is -0.739. The maximum Gasteiger partial charge on any atom is 0.291 e. The molecule has 2 heteroatoms. The molecule has 0 amide bonds. The first kappa shape index (κ1) is 3.45.